The van der Waals surface area contributed by atoms with Crippen LogP contribution in [0.5, 0.6) is 0 Å². The standard InChI is InChI=1S/C11H25N/c1-6-10(2)9-11(3)7-8-12(4)5/h10-11H,6-9H2,1-5H3. The summed E-state index contributed by atoms with van der Waals surface area (Å²) in [5, 5.41) is 0. The molecule has 0 aromatic heterocycles. The van der Waals surface area contributed by atoms with Crippen molar-refractivity contribution in [3.63, 3.8) is 0 Å². The molecule has 0 aliphatic rings. The molecule has 0 spiro atoms. The molecule has 0 rings (SSSR count). The van der Waals surface area contributed by atoms with E-state index in [1.165, 1.54) is 25.8 Å². The van der Waals surface area contributed by atoms with E-state index in [9.17, 15) is 0 Å². The summed E-state index contributed by atoms with van der Waals surface area (Å²) in [6, 6.07) is 0. The maximum atomic E-state index is 2.37. The first-order chi connectivity index (χ1) is 5.56. The van der Waals surface area contributed by atoms with Crippen molar-refractivity contribution >= 4 is 0 Å². The second kappa shape index (κ2) is 6.47. The molecule has 1 nitrogen and oxygen atoms in total. The summed E-state index contributed by atoms with van der Waals surface area (Å²) < 4.78 is 0. The lowest BCUT2D eigenvalue weighted by atomic mass is 9.93. The van der Waals surface area contributed by atoms with Crippen molar-refractivity contribution in [3.8, 4) is 0 Å². The molecule has 0 radical (unpaired) electrons. The van der Waals surface area contributed by atoms with E-state index < -0.39 is 0 Å². The third-order valence-corrected chi connectivity index (χ3v) is 2.57. The zero-order valence-corrected chi connectivity index (χ0v) is 9.43. The van der Waals surface area contributed by atoms with E-state index in [0.717, 1.165) is 11.8 Å². The number of hydrogen-bond acceptors (Lipinski definition) is 1. The van der Waals surface area contributed by atoms with Gasteiger partial charge in [0.25, 0.3) is 0 Å². The molecule has 0 aromatic rings. The normalized spacial score (nSPS) is 16.5. The van der Waals surface area contributed by atoms with Crippen LogP contribution in [0.4, 0.5) is 0 Å². The van der Waals surface area contributed by atoms with Crippen molar-refractivity contribution < 1.29 is 0 Å². The average Bonchev–Trinajstić information content (AvgIpc) is 2.00. The van der Waals surface area contributed by atoms with Gasteiger partial charge < -0.3 is 4.90 Å². The van der Waals surface area contributed by atoms with Crippen LogP contribution >= 0.6 is 0 Å². The molecule has 0 heterocycles. The molecule has 0 bridgehead atoms. The molecule has 0 saturated heterocycles. The van der Waals surface area contributed by atoms with Crippen LogP contribution in [0.25, 0.3) is 0 Å². The van der Waals surface area contributed by atoms with Crippen LogP contribution in [-0.2, 0) is 0 Å². The van der Waals surface area contributed by atoms with Crippen LogP contribution in [-0.4, -0.2) is 25.5 Å². The summed E-state index contributed by atoms with van der Waals surface area (Å²) in [6.45, 7) is 8.24. The van der Waals surface area contributed by atoms with E-state index in [0.29, 0.717) is 0 Å². The van der Waals surface area contributed by atoms with Crippen molar-refractivity contribution in [2.45, 2.75) is 40.0 Å². The van der Waals surface area contributed by atoms with Crippen molar-refractivity contribution in [1.29, 1.82) is 0 Å². The lowest BCUT2D eigenvalue weighted by Gasteiger charge is -2.17. The molecule has 0 aliphatic carbocycles. The fourth-order valence-electron chi connectivity index (χ4n) is 1.45. The van der Waals surface area contributed by atoms with Gasteiger partial charge in [0.1, 0.15) is 0 Å². The van der Waals surface area contributed by atoms with Crippen LogP contribution in [0.15, 0.2) is 0 Å². The highest BCUT2D eigenvalue weighted by Gasteiger charge is 2.06. The highest BCUT2D eigenvalue weighted by atomic mass is 15.0. The summed E-state index contributed by atoms with van der Waals surface area (Å²) in [7, 11) is 4.30. The summed E-state index contributed by atoms with van der Waals surface area (Å²) in [6.07, 6.45) is 4.06. The van der Waals surface area contributed by atoms with Gasteiger partial charge in [-0.3, -0.25) is 0 Å². The first-order valence-corrected chi connectivity index (χ1v) is 5.21. The summed E-state index contributed by atoms with van der Waals surface area (Å²) in [5.74, 6) is 1.80. The quantitative estimate of drug-likeness (QED) is 0.594. The fourth-order valence-corrected chi connectivity index (χ4v) is 1.45. The maximum absolute atomic E-state index is 2.37. The molecule has 0 saturated carbocycles. The van der Waals surface area contributed by atoms with Gasteiger partial charge in [-0.05, 0) is 45.3 Å². The van der Waals surface area contributed by atoms with Gasteiger partial charge in [0, 0.05) is 0 Å². The van der Waals surface area contributed by atoms with Gasteiger partial charge in [0.2, 0.25) is 0 Å². The first-order valence-electron chi connectivity index (χ1n) is 5.21. The Morgan fingerprint density at radius 3 is 2.08 bits per heavy atom. The van der Waals surface area contributed by atoms with E-state index in [1.807, 2.05) is 0 Å². The van der Waals surface area contributed by atoms with Crippen LogP contribution in [0, 0.1) is 11.8 Å². The van der Waals surface area contributed by atoms with E-state index >= 15 is 0 Å². The van der Waals surface area contributed by atoms with Gasteiger partial charge in [-0.25, -0.2) is 0 Å². The first kappa shape index (κ1) is 12.0. The Labute approximate surface area is 78.1 Å². The Morgan fingerprint density at radius 1 is 1.08 bits per heavy atom. The SMILES string of the molecule is CCC(C)CC(C)CCN(C)C. The van der Waals surface area contributed by atoms with Crippen LogP contribution in [0.2, 0.25) is 0 Å². The zero-order chi connectivity index (χ0) is 9.56. The Kier molecular flexibility index (Phi) is 6.45. The molecule has 1 heteroatoms. The molecule has 2 atom stereocenters. The second-order valence-electron chi connectivity index (χ2n) is 4.45. The van der Waals surface area contributed by atoms with E-state index in [2.05, 4.69) is 39.8 Å². The zero-order valence-electron chi connectivity index (χ0n) is 9.43. The highest BCUT2D eigenvalue weighted by Crippen LogP contribution is 2.17. The minimum absolute atomic E-state index is 0.891. The van der Waals surface area contributed by atoms with Crippen LogP contribution < -0.4 is 0 Å². The van der Waals surface area contributed by atoms with Gasteiger partial charge in [-0.2, -0.15) is 0 Å². The minimum Gasteiger partial charge on any atom is -0.309 e. The predicted molar refractivity (Wildman–Crippen MR) is 56.4 cm³/mol. The molecular weight excluding hydrogens is 146 g/mol. The predicted octanol–water partition coefficient (Wildman–Crippen LogP) is 3.01. The molecule has 0 aliphatic heterocycles. The van der Waals surface area contributed by atoms with E-state index in [1.54, 1.807) is 0 Å². The molecule has 0 amide bonds. The van der Waals surface area contributed by atoms with Crippen molar-refractivity contribution in [2.24, 2.45) is 11.8 Å². The number of hydrogen-bond donors (Lipinski definition) is 0. The van der Waals surface area contributed by atoms with Crippen LogP contribution in [0.1, 0.15) is 40.0 Å². The maximum Gasteiger partial charge on any atom is -0.00223 e. The van der Waals surface area contributed by atoms with Crippen molar-refractivity contribution in [1.82, 2.24) is 4.90 Å². The lowest BCUT2D eigenvalue weighted by Crippen LogP contribution is -2.16. The molecule has 2 unspecified atom stereocenters. The monoisotopic (exact) mass is 171 g/mol. The Hall–Kier alpha value is -0.0400. The van der Waals surface area contributed by atoms with Gasteiger partial charge in [0.15, 0.2) is 0 Å². The Bertz CT molecular complexity index is 99.2. The second-order valence-corrected chi connectivity index (χ2v) is 4.45. The number of nitrogens with zero attached hydrogens (tertiary/aromatic N) is 1. The van der Waals surface area contributed by atoms with Gasteiger partial charge in [0.05, 0.1) is 0 Å². The molecule has 12 heavy (non-hydrogen) atoms. The van der Waals surface area contributed by atoms with Crippen molar-refractivity contribution in [2.75, 3.05) is 20.6 Å². The molecule has 0 N–H and O–H groups in total. The smallest absolute Gasteiger partial charge is 0.00223 e. The van der Waals surface area contributed by atoms with E-state index in [-0.39, 0.29) is 0 Å². The molecule has 74 valence electrons. The third kappa shape index (κ3) is 6.66. The van der Waals surface area contributed by atoms with Gasteiger partial charge >= 0.3 is 0 Å². The summed E-state index contributed by atoms with van der Waals surface area (Å²) >= 11 is 0. The van der Waals surface area contributed by atoms with Crippen LogP contribution in [0.3, 0.4) is 0 Å². The van der Waals surface area contributed by atoms with Gasteiger partial charge in [-0.15, -0.1) is 0 Å². The molecule has 0 aromatic carbocycles. The molecule has 0 fully saturated rings. The highest BCUT2D eigenvalue weighted by molar-refractivity contribution is 4.59. The number of rotatable bonds is 6. The minimum atomic E-state index is 0.891. The summed E-state index contributed by atoms with van der Waals surface area (Å²) in [4.78, 5) is 2.27. The third-order valence-electron chi connectivity index (χ3n) is 2.57. The Balaban J connectivity index is 3.39. The molecular formula is C11H25N. The average molecular weight is 171 g/mol. The topological polar surface area (TPSA) is 3.24 Å². The summed E-state index contributed by atoms with van der Waals surface area (Å²) in [5.41, 5.74) is 0. The Morgan fingerprint density at radius 2 is 1.67 bits per heavy atom. The van der Waals surface area contributed by atoms with E-state index in [4.69, 9.17) is 0 Å². The lowest BCUT2D eigenvalue weighted by molar-refractivity contribution is 0.323. The van der Waals surface area contributed by atoms with Crippen molar-refractivity contribution in [3.05, 3.63) is 0 Å². The largest absolute Gasteiger partial charge is 0.309 e. The van der Waals surface area contributed by atoms with Gasteiger partial charge in [-0.1, -0.05) is 27.2 Å². The fraction of sp³-hybridized carbons (Fsp3) is 1.00.